The highest BCUT2D eigenvalue weighted by atomic mass is 32.2. The number of carbonyl (C=O) groups is 1. The molecule has 5 rings (SSSR count). The molecule has 0 saturated carbocycles. The van der Waals surface area contributed by atoms with E-state index in [9.17, 15) is 26.4 Å². The summed E-state index contributed by atoms with van der Waals surface area (Å²) in [6.45, 7) is 4.01. The number of fused-ring (bicyclic) bond motifs is 2. The normalized spacial score (nSPS) is 17.7. The molecule has 2 heterocycles. The first kappa shape index (κ1) is 30.7. The van der Waals surface area contributed by atoms with Gasteiger partial charge >= 0.3 is 12.1 Å². The van der Waals surface area contributed by atoms with Crippen molar-refractivity contribution in [2.24, 2.45) is 0 Å². The largest absolute Gasteiger partial charge is 0.494 e. The van der Waals surface area contributed by atoms with E-state index in [1.807, 2.05) is 44.2 Å². The lowest BCUT2D eigenvalue weighted by Gasteiger charge is -2.20. The van der Waals surface area contributed by atoms with E-state index in [4.69, 9.17) is 19.3 Å². The summed E-state index contributed by atoms with van der Waals surface area (Å²) in [5, 5.41) is 9.14. The van der Waals surface area contributed by atoms with E-state index in [2.05, 4.69) is 4.98 Å². The lowest BCUT2D eigenvalue weighted by molar-refractivity contribution is -0.141. The van der Waals surface area contributed by atoms with Gasteiger partial charge in [-0.1, -0.05) is 18.2 Å². The number of aryl methyl sites for hydroxylation is 2. The predicted octanol–water partition coefficient (Wildman–Crippen LogP) is 6.21. The molecule has 1 aliphatic carbocycles. The monoisotopic (exact) mass is 619 g/mol. The molecule has 0 amide bonds. The molecule has 0 saturated heterocycles. The van der Waals surface area contributed by atoms with Crippen LogP contribution in [0.2, 0.25) is 0 Å². The number of ether oxygens (including phenoxy) is 3. The van der Waals surface area contributed by atoms with Crippen LogP contribution in [0.15, 0.2) is 36.5 Å². The van der Waals surface area contributed by atoms with Crippen molar-refractivity contribution in [3.8, 4) is 28.5 Å². The van der Waals surface area contributed by atoms with Crippen molar-refractivity contribution in [2.75, 3.05) is 25.2 Å². The van der Waals surface area contributed by atoms with Crippen LogP contribution in [-0.4, -0.2) is 49.7 Å². The van der Waals surface area contributed by atoms with Gasteiger partial charge in [0.2, 0.25) is 5.88 Å². The Morgan fingerprint density at radius 1 is 1.16 bits per heavy atom. The van der Waals surface area contributed by atoms with Gasteiger partial charge in [-0.3, -0.25) is 4.79 Å². The van der Waals surface area contributed by atoms with Crippen LogP contribution in [-0.2, 0) is 27.2 Å². The molecular formula is C31H32F3NO7S. The third kappa shape index (κ3) is 6.58. The third-order valence-corrected chi connectivity index (χ3v) is 8.80. The maximum absolute atomic E-state index is 14.3. The second-order valence-electron chi connectivity index (χ2n) is 11.1. The third-order valence-electron chi connectivity index (χ3n) is 7.77. The van der Waals surface area contributed by atoms with E-state index < -0.39 is 51.2 Å². The van der Waals surface area contributed by atoms with Gasteiger partial charge < -0.3 is 19.3 Å². The number of aliphatic carboxylic acids is 1. The highest BCUT2D eigenvalue weighted by Crippen LogP contribution is 2.50. The first-order chi connectivity index (χ1) is 20.2. The van der Waals surface area contributed by atoms with Crippen molar-refractivity contribution < 1.29 is 45.7 Å². The number of hydrogen-bond donors (Lipinski definition) is 1. The number of nitrogens with zero attached hydrogens (tertiary/aromatic N) is 1. The SMILES string of the molecule is Cc1cc(OCCCS(C)(=O)=O)cc(C)c1-c1cccc2c1CCC2Oc1ncc2c(c1C(F)(F)F)OCC2CC(=O)O. The average molecular weight is 620 g/mol. The second kappa shape index (κ2) is 11.7. The predicted molar refractivity (Wildman–Crippen MR) is 153 cm³/mol. The molecule has 0 spiro atoms. The van der Waals surface area contributed by atoms with Crippen molar-refractivity contribution in [1.82, 2.24) is 4.98 Å². The van der Waals surface area contributed by atoms with E-state index in [1.165, 1.54) is 12.5 Å². The number of benzene rings is 2. The molecule has 0 fully saturated rings. The van der Waals surface area contributed by atoms with Crippen molar-refractivity contribution >= 4 is 15.8 Å². The molecule has 0 bridgehead atoms. The highest BCUT2D eigenvalue weighted by Gasteiger charge is 2.44. The summed E-state index contributed by atoms with van der Waals surface area (Å²) in [6.07, 6.45) is -2.02. The fourth-order valence-electron chi connectivity index (χ4n) is 5.98. The molecule has 2 unspecified atom stereocenters. The number of carboxylic acids is 1. The van der Waals surface area contributed by atoms with Gasteiger partial charge in [0.25, 0.3) is 0 Å². The van der Waals surface area contributed by atoms with Crippen LogP contribution < -0.4 is 14.2 Å². The molecule has 2 aromatic carbocycles. The zero-order valence-corrected chi connectivity index (χ0v) is 24.8. The summed E-state index contributed by atoms with van der Waals surface area (Å²) >= 11 is 0. The van der Waals surface area contributed by atoms with Crippen molar-refractivity contribution in [3.63, 3.8) is 0 Å². The maximum Gasteiger partial charge on any atom is 0.425 e. The quantitative estimate of drug-likeness (QED) is 0.267. The molecule has 3 aromatic rings. The summed E-state index contributed by atoms with van der Waals surface area (Å²) in [6, 6.07) is 9.47. The minimum absolute atomic E-state index is 0.0478. The second-order valence-corrected chi connectivity index (χ2v) is 13.4. The summed E-state index contributed by atoms with van der Waals surface area (Å²) in [7, 11) is -3.06. The number of aromatic nitrogens is 1. The number of alkyl halides is 3. The molecule has 1 aliphatic heterocycles. The van der Waals surface area contributed by atoms with Gasteiger partial charge in [0.05, 0.1) is 25.4 Å². The molecule has 1 aromatic heterocycles. The molecule has 12 heteroatoms. The Balaban J connectivity index is 1.41. The minimum atomic E-state index is -4.82. The highest BCUT2D eigenvalue weighted by molar-refractivity contribution is 7.90. The number of carboxylic acid groups (broad SMARTS) is 1. The minimum Gasteiger partial charge on any atom is -0.494 e. The Bertz CT molecular complexity index is 1650. The van der Waals surface area contributed by atoms with E-state index >= 15 is 0 Å². The van der Waals surface area contributed by atoms with E-state index in [1.54, 1.807) is 0 Å². The van der Waals surface area contributed by atoms with Crippen LogP contribution in [0.1, 0.15) is 64.7 Å². The molecule has 1 N–H and O–H groups in total. The van der Waals surface area contributed by atoms with E-state index in [0.29, 0.717) is 25.0 Å². The number of rotatable bonds is 10. The molecule has 2 aliphatic rings. The van der Waals surface area contributed by atoms with Crippen LogP contribution in [0.5, 0.6) is 17.4 Å². The van der Waals surface area contributed by atoms with Crippen LogP contribution in [0.25, 0.3) is 11.1 Å². The Kier molecular flexibility index (Phi) is 8.34. The number of pyridine rings is 1. The first-order valence-corrected chi connectivity index (χ1v) is 15.9. The number of halogens is 3. The number of sulfone groups is 1. The van der Waals surface area contributed by atoms with Gasteiger partial charge in [0, 0.05) is 23.9 Å². The molecule has 43 heavy (non-hydrogen) atoms. The van der Waals surface area contributed by atoms with Gasteiger partial charge in [-0.15, -0.1) is 0 Å². The Morgan fingerprint density at radius 2 is 1.88 bits per heavy atom. The Hall–Kier alpha value is -3.80. The molecular weight excluding hydrogens is 587 g/mol. The van der Waals surface area contributed by atoms with Crippen molar-refractivity contribution in [3.05, 3.63) is 69.9 Å². The fraction of sp³-hybridized carbons (Fsp3) is 0.419. The smallest absolute Gasteiger partial charge is 0.425 e. The van der Waals surface area contributed by atoms with Crippen LogP contribution in [0, 0.1) is 13.8 Å². The molecule has 0 radical (unpaired) electrons. The van der Waals surface area contributed by atoms with Crippen LogP contribution >= 0.6 is 0 Å². The maximum atomic E-state index is 14.3. The van der Waals surface area contributed by atoms with Gasteiger partial charge in [-0.05, 0) is 78.6 Å². The molecule has 8 nitrogen and oxygen atoms in total. The summed E-state index contributed by atoms with van der Waals surface area (Å²) in [4.78, 5) is 15.2. The zero-order chi connectivity index (χ0) is 31.1. The van der Waals surface area contributed by atoms with Crippen molar-refractivity contribution in [1.29, 1.82) is 0 Å². The standard InChI is InChI=1S/C31H32F3NO7S/c1-17-12-20(40-10-5-11-43(3,38)39)13-18(2)27(17)23-7-4-6-22-21(23)8-9-25(22)42-30-28(31(32,33)34)29-24(15-35-30)19(16-41-29)14-26(36)37/h4,6-7,12-13,15,19,25H,5,8-11,14,16H2,1-3H3,(H,36,37). The molecule has 230 valence electrons. The van der Waals surface area contributed by atoms with Crippen LogP contribution in [0.4, 0.5) is 13.2 Å². The van der Waals surface area contributed by atoms with E-state index in [-0.39, 0.29) is 31.0 Å². The summed E-state index contributed by atoms with van der Waals surface area (Å²) in [5.41, 5.74) is 4.59. The Labute approximate surface area is 247 Å². The van der Waals surface area contributed by atoms with Gasteiger partial charge in [-0.25, -0.2) is 13.4 Å². The summed E-state index contributed by atoms with van der Waals surface area (Å²) < 4.78 is 82.7. The van der Waals surface area contributed by atoms with Crippen molar-refractivity contribution in [2.45, 2.75) is 57.7 Å². The van der Waals surface area contributed by atoms with Crippen LogP contribution in [0.3, 0.4) is 0 Å². The van der Waals surface area contributed by atoms with Gasteiger partial charge in [-0.2, -0.15) is 13.2 Å². The number of hydrogen-bond acceptors (Lipinski definition) is 7. The molecule has 2 atom stereocenters. The Morgan fingerprint density at radius 3 is 2.53 bits per heavy atom. The van der Waals surface area contributed by atoms with E-state index in [0.717, 1.165) is 33.4 Å². The van der Waals surface area contributed by atoms with Gasteiger partial charge in [0.1, 0.15) is 27.4 Å². The summed E-state index contributed by atoms with van der Waals surface area (Å²) in [5.74, 6) is -2.18. The van der Waals surface area contributed by atoms with Gasteiger partial charge in [0.15, 0.2) is 5.56 Å². The zero-order valence-electron chi connectivity index (χ0n) is 24.0. The lowest BCUT2D eigenvalue weighted by Crippen LogP contribution is -2.14. The first-order valence-electron chi connectivity index (χ1n) is 13.9. The fourth-order valence-corrected chi connectivity index (χ4v) is 6.62. The lowest BCUT2D eigenvalue weighted by atomic mass is 9.90. The topological polar surface area (TPSA) is 112 Å². The average Bonchev–Trinajstić information content (AvgIpc) is 3.49.